The Hall–Kier alpha value is -1.58. The third-order valence-electron chi connectivity index (χ3n) is 3.37. The first-order valence-corrected chi connectivity index (χ1v) is 7.23. The molecule has 104 valence electrons. The molecule has 1 unspecified atom stereocenters. The topological polar surface area (TPSA) is 44.8 Å². The molecular formula is C15H23N3O. The third-order valence-corrected chi connectivity index (χ3v) is 3.37. The van der Waals surface area contributed by atoms with Crippen LogP contribution in [0.5, 0.6) is 0 Å². The van der Waals surface area contributed by atoms with Crippen molar-refractivity contribution in [3.8, 4) is 0 Å². The van der Waals surface area contributed by atoms with E-state index in [0.29, 0.717) is 10.4 Å². The van der Waals surface area contributed by atoms with Gasteiger partial charge in [0.2, 0.25) is 5.52 Å². The van der Waals surface area contributed by atoms with Gasteiger partial charge in [-0.25, -0.2) is 0 Å². The molecule has 1 aromatic carbocycles. The summed E-state index contributed by atoms with van der Waals surface area (Å²) in [6.07, 6.45) is 8.00. The molecule has 0 aliphatic rings. The summed E-state index contributed by atoms with van der Waals surface area (Å²) in [4.78, 5) is 0.609. The summed E-state index contributed by atoms with van der Waals surface area (Å²) >= 11 is 0. The van der Waals surface area contributed by atoms with Crippen LogP contribution in [0.2, 0.25) is 0 Å². The van der Waals surface area contributed by atoms with Gasteiger partial charge in [-0.15, -0.1) is 9.53 Å². The van der Waals surface area contributed by atoms with Gasteiger partial charge in [0.05, 0.1) is 6.58 Å². The largest absolute Gasteiger partial charge is 0.691 e. The van der Waals surface area contributed by atoms with E-state index in [1.165, 1.54) is 30.4 Å². The van der Waals surface area contributed by atoms with Crippen molar-refractivity contribution in [2.45, 2.75) is 58.4 Å². The van der Waals surface area contributed by atoms with Gasteiger partial charge in [0.1, 0.15) is 6.52 Å². The summed E-state index contributed by atoms with van der Waals surface area (Å²) < 4.78 is 9.71. The highest BCUT2D eigenvalue weighted by molar-refractivity contribution is 5.70. The molecule has 4 nitrogen and oxygen atoms in total. The maximum absolute atomic E-state index is 11.7. The van der Waals surface area contributed by atoms with Crippen LogP contribution in [0.15, 0.2) is 24.3 Å². The second-order valence-electron chi connectivity index (χ2n) is 4.93. The van der Waals surface area contributed by atoms with Crippen LogP contribution in [0, 0.1) is 5.21 Å². The van der Waals surface area contributed by atoms with Crippen molar-refractivity contribution in [3.63, 3.8) is 0 Å². The number of aromatic nitrogens is 3. The molecule has 0 aliphatic carbocycles. The lowest BCUT2D eigenvalue weighted by atomic mass is 10.1. The van der Waals surface area contributed by atoms with Gasteiger partial charge in [0.25, 0.3) is 0 Å². The highest BCUT2D eigenvalue weighted by Crippen LogP contribution is 2.11. The fraction of sp³-hybridized carbons (Fsp3) is 0.600. The Bertz CT molecular complexity index is 541. The van der Waals surface area contributed by atoms with Crippen molar-refractivity contribution >= 4 is 11.0 Å². The van der Waals surface area contributed by atoms with Gasteiger partial charge in [0.15, 0.2) is 5.52 Å². The SMILES string of the molecule is [2H]C(CCCCCCCC)n1n[n+]([O-])c2ccccc21. The number of para-hydroxylation sites is 2. The maximum Gasteiger partial charge on any atom is 0.202 e. The minimum atomic E-state index is -0.471. The predicted molar refractivity (Wildman–Crippen MR) is 76.7 cm³/mol. The smallest absolute Gasteiger partial charge is 0.202 e. The average molecular weight is 262 g/mol. The molecule has 0 amide bonds. The number of nitrogens with zero attached hydrogens (tertiary/aromatic N) is 3. The highest BCUT2D eigenvalue weighted by Gasteiger charge is 2.12. The van der Waals surface area contributed by atoms with Gasteiger partial charge in [-0.2, -0.15) is 0 Å². The fourth-order valence-electron chi connectivity index (χ4n) is 2.28. The van der Waals surface area contributed by atoms with E-state index in [2.05, 4.69) is 12.1 Å². The number of benzene rings is 1. The van der Waals surface area contributed by atoms with Crippen molar-refractivity contribution < 1.29 is 6.22 Å². The number of aryl methyl sites for hydroxylation is 1. The average Bonchev–Trinajstić information content (AvgIpc) is 2.80. The molecule has 1 heterocycles. The molecule has 0 N–H and O–H groups in total. The van der Waals surface area contributed by atoms with Crippen LogP contribution in [0.25, 0.3) is 11.0 Å². The molecule has 1 atom stereocenters. The molecule has 0 spiro atoms. The van der Waals surface area contributed by atoms with Crippen LogP contribution >= 0.6 is 0 Å². The van der Waals surface area contributed by atoms with Crippen LogP contribution in [0.1, 0.15) is 53.2 Å². The Morgan fingerprint density at radius 1 is 1.16 bits per heavy atom. The Labute approximate surface area is 116 Å². The number of unbranched alkanes of at least 4 members (excludes halogenated alkanes) is 5. The van der Waals surface area contributed by atoms with Crippen molar-refractivity contribution in [2.75, 3.05) is 0 Å². The quantitative estimate of drug-likeness (QED) is 0.415. The van der Waals surface area contributed by atoms with Crippen molar-refractivity contribution in [3.05, 3.63) is 29.5 Å². The summed E-state index contributed by atoms with van der Waals surface area (Å²) in [5, 5.41) is 15.6. The molecule has 0 saturated heterocycles. The van der Waals surface area contributed by atoms with E-state index < -0.39 is 6.52 Å². The first kappa shape index (κ1) is 12.5. The molecular weight excluding hydrogens is 238 g/mol. The van der Waals surface area contributed by atoms with E-state index in [-0.39, 0.29) is 0 Å². The standard InChI is InChI=1S/C15H23N3O/c1-2-3-4-5-6-7-10-13-17-14-11-8-9-12-15(14)18(19)16-17/h8-9,11-12H,2-7,10,13H2,1H3/i13D. The van der Waals surface area contributed by atoms with Gasteiger partial charge in [-0.1, -0.05) is 51.2 Å². The molecule has 2 rings (SSSR count). The lowest BCUT2D eigenvalue weighted by molar-refractivity contribution is -0.646. The third kappa shape index (κ3) is 3.69. The monoisotopic (exact) mass is 262 g/mol. The molecule has 0 saturated carbocycles. The fourth-order valence-corrected chi connectivity index (χ4v) is 2.28. The minimum absolute atomic E-state index is 0.471. The first-order valence-electron chi connectivity index (χ1n) is 7.81. The predicted octanol–water partition coefficient (Wildman–Crippen LogP) is 3.42. The second-order valence-corrected chi connectivity index (χ2v) is 4.93. The summed E-state index contributed by atoms with van der Waals surface area (Å²) in [7, 11) is 0. The van der Waals surface area contributed by atoms with Gasteiger partial charge in [-0.3, -0.25) is 0 Å². The Kier molecular flexibility index (Phi) is 4.67. The van der Waals surface area contributed by atoms with E-state index in [4.69, 9.17) is 1.37 Å². The van der Waals surface area contributed by atoms with E-state index >= 15 is 0 Å². The lowest BCUT2D eigenvalue weighted by Gasteiger charge is -1.99. The lowest BCUT2D eigenvalue weighted by Crippen LogP contribution is -2.29. The van der Waals surface area contributed by atoms with Crippen LogP contribution in [0.3, 0.4) is 0 Å². The summed E-state index contributed by atoms with van der Waals surface area (Å²) in [6, 6.07) is 7.27. The van der Waals surface area contributed by atoms with Crippen molar-refractivity contribution in [1.82, 2.24) is 9.90 Å². The molecule has 2 aromatic rings. The van der Waals surface area contributed by atoms with E-state index in [9.17, 15) is 5.21 Å². The molecule has 0 bridgehead atoms. The molecule has 1 aromatic heterocycles. The number of rotatable bonds is 8. The first-order chi connectivity index (χ1) is 9.74. The van der Waals surface area contributed by atoms with Crippen LogP contribution < -0.4 is 4.85 Å². The molecule has 0 radical (unpaired) electrons. The second kappa shape index (κ2) is 7.12. The van der Waals surface area contributed by atoms with Gasteiger partial charge in [0, 0.05) is 0 Å². The maximum atomic E-state index is 11.7. The number of hydrogen-bond donors (Lipinski definition) is 0. The summed E-state index contributed by atoms with van der Waals surface area (Å²) in [5.41, 5.74) is 1.28. The van der Waals surface area contributed by atoms with E-state index in [1.54, 1.807) is 6.07 Å². The zero-order valence-corrected chi connectivity index (χ0v) is 11.6. The van der Waals surface area contributed by atoms with Gasteiger partial charge >= 0.3 is 0 Å². The summed E-state index contributed by atoms with van der Waals surface area (Å²) in [6.45, 7) is 1.74. The van der Waals surface area contributed by atoms with Crippen LogP contribution in [-0.2, 0) is 6.52 Å². The number of hydrogen-bond acceptors (Lipinski definition) is 2. The highest BCUT2D eigenvalue weighted by atomic mass is 16.5. The van der Waals surface area contributed by atoms with Gasteiger partial charge in [-0.05, 0) is 25.0 Å². The van der Waals surface area contributed by atoms with E-state index in [0.717, 1.165) is 24.8 Å². The Balaban J connectivity index is 1.89. The van der Waals surface area contributed by atoms with Crippen LogP contribution in [0.4, 0.5) is 0 Å². The van der Waals surface area contributed by atoms with Crippen molar-refractivity contribution in [2.24, 2.45) is 0 Å². The Morgan fingerprint density at radius 3 is 2.63 bits per heavy atom. The Morgan fingerprint density at radius 2 is 1.84 bits per heavy atom. The zero-order valence-electron chi connectivity index (χ0n) is 12.6. The van der Waals surface area contributed by atoms with Crippen LogP contribution in [-0.4, -0.2) is 9.90 Å². The minimum Gasteiger partial charge on any atom is -0.691 e. The zero-order chi connectivity index (χ0) is 14.4. The van der Waals surface area contributed by atoms with Crippen molar-refractivity contribution in [1.29, 1.82) is 0 Å². The molecule has 0 fully saturated rings. The molecule has 4 heteroatoms. The van der Waals surface area contributed by atoms with E-state index in [1.807, 2.05) is 18.2 Å². The number of fused-ring (bicyclic) bond motifs is 1. The molecule has 0 aliphatic heterocycles. The normalized spacial score (nSPS) is 13.6. The molecule has 19 heavy (non-hydrogen) atoms. The van der Waals surface area contributed by atoms with Gasteiger partial charge < -0.3 is 5.21 Å². The summed E-state index contributed by atoms with van der Waals surface area (Å²) in [5.74, 6) is 0.